The zero-order valence-corrected chi connectivity index (χ0v) is 14.4. The molecule has 4 nitrogen and oxygen atoms in total. The van der Waals surface area contributed by atoms with Gasteiger partial charge in [-0.25, -0.2) is 0 Å². The van der Waals surface area contributed by atoms with E-state index in [-0.39, 0.29) is 5.91 Å². The van der Waals surface area contributed by atoms with Crippen LogP contribution in [0.3, 0.4) is 0 Å². The number of nitrogens with zero attached hydrogens (tertiary/aromatic N) is 2. The highest BCUT2D eigenvalue weighted by atomic mass is 79.9. The molecule has 1 amide bonds. The van der Waals surface area contributed by atoms with Crippen LogP contribution in [0.5, 0.6) is 0 Å². The first-order valence-electron chi connectivity index (χ1n) is 8.02. The Labute approximate surface area is 134 Å². The third kappa shape index (κ3) is 3.33. The standard InChI is InChI=1S/C16H24BrN3O/c1-10(14-8-12-3-4-13(14)7-12)18-16(21)5-6-20-9-15(17)11(2)19-20/h9-10,12-14H,3-8H2,1-2H3,(H,18,21)/t10-,12+,13+,14+/m1/s1. The minimum absolute atomic E-state index is 0.148. The molecule has 2 saturated carbocycles. The minimum atomic E-state index is 0.148. The van der Waals surface area contributed by atoms with Gasteiger partial charge in [0.1, 0.15) is 0 Å². The number of nitrogens with one attached hydrogen (secondary N) is 1. The third-order valence-corrected chi connectivity index (χ3v) is 6.06. The van der Waals surface area contributed by atoms with Gasteiger partial charge in [0.2, 0.25) is 5.91 Å². The first-order chi connectivity index (χ1) is 10.0. The van der Waals surface area contributed by atoms with Crippen molar-refractivity contribution in [2.75, 3.05) is 0 Å². The summed E-state index contributed by atoms with van der Waals surface area (Å²) in [4.78, 5) is 12.1. The SMILES string of the molecule is Cc1nn(CCC(=O)N[C@H](C)[C@@H]2C[C@H]3CC[C@H]2C3)cc1Br. The number of hydrogen-bond donors (Lipinski definition) is 1. The quantitative estimate of drug-likeness (QED) is 0.882. The molecule has 0 unspecified atom stereocenters. The van der Waals surface area contributed by atoms with E-state index >= 15 is 0 Å². The van der Waals surface area contributed by atoms with E-state index in [1.165, 1.54) is 25.7 Å². The average molecular weight is 354 g/mol. The zero-order valence-electron chi connectivity index (χ0n) is 12.8. The molecule has 0 saturated heterocycles. The number of fused-ring (bicyclic) bond motifs is 2. The summed E-state index contributed by atoms with van der Waals surface area (Å²) in [5.41, 5.74) is 0.964. The number of carbonyl (C=O) groups excluding carboxylic acids is 1. The molecule has 1 N–H and O–H groups in total. The van der Waals surface area contributed by atoms with Crippen molar-refractivity contribution < 1.29 is 4.79 Å². The highest BCUT2D eigenvalue weighted by Gasteiger charge is 2.42. The summed E-state index contributed by atoms with van der Waals surface area (Å²) in [5.74, 6) is 2.64. The molecule has 2 aliphatic carbocycles. The van der Waals surface area contributed by atoms with Crippen LogP contribution < -0.4 is 5.32 Å². The van der Waals surface area contributed by atoms with Crippen molar-refractivity contribution in [3.63, 3.8) is 0 Å². The Hall–Kier alpha value is -0.840. The van der Waals surface area contributed by atoms with E-state index < -0.39 is 0 Å². The first-order valence-corrected chi connectivity index (χ1v) is 8.81. The van der Waals surface area contributed by atoms with Gasteiger partial charge in [-0.2, -0.15) is 5.10 Å². The fourth-order valence-electron chi connectivity index (χ4n) is 4.16. The van der Waals surface area contributed by atoms with Crippen molar-refractivity contribution in [2.24, 2.45) is 17.8 Å². The van der Waals surface area contributed by atoms with Crippen LogP contribution in [-0.4, -0.2) is 21.7 Å². The second-order valence-electron chi connectivity index (χ2n) is 6.77. The topological polar surface area (TPSA) is 46.9 Å². The molecule has 1 aromatic heterocycles. The zero-order chi connectivity index (χ0) is 15.0. The largest absolute Gasteiger partial charge is 0.353 e. The van der Waals surface area contributed by atoms with E-state index in [9.17, 15) is 4.79 Å². The molecule has 0 aromatic carbocycles. The van der Waals surface area contributed by atoms with Crippen LogP contribution in [0.4, 0.5) is 0 Å². The number of halogens is 1. The van der Waals surface area contributed by atoms with Crippen molar-refractivity contribution in [3.8, 4) is 0 Å². The van der Waals surface area contributed by atoms with Crippen molar-refractivity contribution in [3.05, 3.63) is 16.4 Å². The Balaban J connectivity index is 1.45. The number of hydrogen-bond acceptors (Lipinski definition) is 2. The molecule has 1 heterocycles. The lowest BCUT2D eigenvalue weighted by Gasteiger charge is -2.28. The van der Waals surface area contributed by atoms with Gasteiger partial charge in [0, 0.05) is 25.2 Å². The normalized spacial score (nSPS) is 28.8. The molecule has 21 heavy (non-hydrogen) atoms. The average Bonchev–Trinajstić information content (AvgIpc) is 3.13. The number of carbonyl (C=O) groups is 1. The lowest BCUT2D eigenvalue weighted by atomic mass is 9.84. The molecule has 116 valence electrons. The Kier molecular flexibility index (Phi) is 4.38. The molecule has 0 spiro atoms. The van der Waals surface area contributed by atoms with Crippen LogP contribution in [0.15, 0.2) is 10.7 Å². The second-order valence-corrected chi connectivity index (χ2v) is 7.62. The number of amides is 1. The predicted octanol–water partition coefficient (Wildman–Crippen LogP) is 3.29. The van der Waals surface area contributed by atoms with E-state index in [0.717, 1.165) is 22.0 Å². The van der Waals surface area contributed by atoms with Gasteiger partial charge in [0.25, 0.3) is 0 Å². The fraction of sp³-hybridized carbons (Fsp3) is 0.750. The minimum Gasteiger partial charge on any atom is -0.353 e. The maximum atomic E-state index is 12.1. The van der Waals surface area contributed by atoms with Gasteiger partial charge >= 0.3 is 0 Å². The molecule has 0 radical (unpaired) electrons. The second kappa shape index (κ2) is 6.11. The summed E-state index contributed by atoms with van der Waals surface area (Å²) < 4.78 is 2.83. The number of aryl methyl sites for hydroxylation is 2. The van der Waals surface area contributed by atoms with Gasteiger partial charge in [-0.3, -0.25) is 9.48 Å². The Morgan fingerprint density at radius 1 is 1.52 bits per heavy atom. The lowest BCUT2D eigenvalue weighted by Crippen LogP contribution is -2.40. The van der Waals surface area contributed by atoms with Gasteiger partial charge in [-0.15, -0.1) is 0 Å². The highest BCUT2D eigenvalue weighted by molar-refractivity contribution is 9.10. The first kappa shape index (κ1) is 15.1. The summed E-state index contributed by atoms with van der Waals surface area (Å²) in [6.07, 6.45) is 7.93. The van der Waals surface area contributed by atoms with Gasteiger partial charge < -0.3 is 5.32 Å². The van der Waals surface area contributed by atoms with E-state index in [0.29, 0.717) is 24.9 Å². The predicted molar refractivity (Wildman–Crippen MR) is 85.8 cm³/mol. The summed E-state index contributed by atoms with van der Waals surface area (Å²) in [6.45, 7) is 4.78. The highest BCUT2D eigenvalue weighted by Crippen LogP contribution is 2.49. The summed E-state index contributed by atoms with van der Waals surface area (Å²) in [5, 5.41) is 7.57. The molecule has 2 bridgehead atoms. The van der Waals surface area contributed by atoms with Crippen LogP contribution in [0, 0.1) is 24.7 Å². The molecule has 1 aromatic rings. The Bertz CT molecular complexity index is 508. The van der Waals surface area contributed by atoms with Crippen molar-refractivity contribution in [1.29, 1.82) is 0 Å². The lowest BCUT2D eigenvalue weighted by molar-refractivity contribution is -0.122. The van der Waals surface area contributed by atoms with E-state index in [2.05, 4.69) is 33.3 Å². The monoisotopic (exact) mass is 353 g/mol. The molecule has 4 atom stereocenters. The van der Waals surface area contributed by atoms with Crippen LogP contribution in [0.25, 0.3) is 0 Å². The Morgan fingerprint density at radius 2 is 2.33 bits per heavy atom. The number of aromatic nitrogens is 2. The van der Waals surface area contributed by atoms with Gasteiger partial charge in [-0.05, 0) is 66.8 Å². The molecule has 5 heteroatoms. The fourth-order valence-corrected chi connectivity index (χ4v) is 4.48. The van der Waals surface area contributed by atoms with E-state index in [1.807, 2.05) is 17.8 Å². The van der Waals surface area contributed by atoms with Crippen molar-refractivity contribution in [1.82, 2.24) is 15.1 Å². The molecule has 2 aliphatic rings. The van der Waals surface area contributed by atoms with E-state index in [4.69, 9.17) is 0 Å². The molecule has 0 aliphatic heterocycles. The molecule has 2 fully saturated rings. The molecular weight excluding hydrogens is 330 g/mol. The summed E-state index contributed by atoms with van der Waals surface area (Å²) in [7, 11) is 0. The van der Waals surface area contributed by atoms with Crippen LogP contribution in [-0.2, 0) is 11.3 Å². The molecule has 3 rings (SSSR count). The number of rotatable bonds is 5. The molecular formula is C16H24BrN3O. The van der Waals surface area contributed by atoms with Gasteiger partial charge in [0.05, 0.1) is 10.2 Å². The maximum absolute atomic E-state index is 12.1. The van der Waals surface area contributed by atoms with Crippen LogP contribution >= 0.6 is 15.9 Å². The maximum Gasteiger partial charge on any atom is 0.222 e. The third-order valence-electron chi connectivity index (χ3n) is 5.28. The smallest absolute Gasteiger partial charge is 0.222 e. The van der Waals surface area contributed by atoms with Gasteiger partial charge in [0.15, 0.2) is 0 Å². The van der Waals surface area contributed by atoms with Crippen molar-refractivity contribution in [2.45, 2.75) is 58.5 Å². The van der Waals surface area contributed by atoms with E-state index in [1.54, 1.807) is 0 Å². The van der Waals surface area contributed by atoms with Crippen LogP contribution in [0.1, 0.15) is 44.7 Å². The summed E-state index contributed by atoms with van der Waals surface area (Å²) >= 11 is 3.44. The van der Waals surface area contributed by atoms with Gasteiger partial charge in [-0.1, -0.05) is 6.42 Å². The Morgan fingerprint density at radius 3 is 2.90 bits per heavy atom. The van der Waals surface area contributed by atoms with Crippen molar-refractivity contribution >= 4 is 21.8 Å². The van der Waals surface area contributed by atoms with Crippen LogP contribution in [0.2, 0.25) is 0 Å². The summed E-state index contributed by atoms with van der Waals surface area (Å²) in [6, 6.07) is 0.318.